The second-order valence-electron chi connectivity index (χ2n) is 5.00. The first-order valence-electron chi connectivity index (χ1n) is 7.29. The van der Waals surface area contributed by atoms with Gasteiger partial charge in [0, 0.05) is 26.0 Å². The van der Waals surface area contributed by atoms with Gasteiger partial charge in [-0.25, -0.2) is 4.68 Å². The molecule has 118 valence electrons. The van der Waals surface area contributed by atoms with Crippen molar-refractivity contribution in [3.05, 3.63) is 48.3 Å². The second-order valence-corrected chi connectivity index (χ2v) is 5.00. The molecule has 1 atom stereocenters. The Bertz CT molecular complexity index is 584. The van der Waals surface area contributed by atoms with Crippen LogP contribution in [0.3, 0.4) is 0 Å². The van der Waals surface area contributed by atoms with Crippen molar-refractivity contribution in [2.24, 2.45) is 0 Å². The molecule has 0 spiro atoms. The quantitative estimate of drug-likeness (QED) is 0.721. The van der Waals surface area contributed by atoms with Gasteiger partial charge in [0.25, 0.3) is 0 Å². The third-order valence-corrected chi connectivity index (χ3v) is 3.29. The molecule has 6 heteroatoms. The number of carbonyl (C=O) groups excluding carboxylic acids is 1. The molecule has 1 heterocycles. The molecule has 1 aromatic heterocycles. The van der Waals surface area contributed by atoms with Gasteiger partial charge in [0.2, 0.25) is 5.91 Å². The molecule has 0 aliphatic rings. The van der Waals surface area contributed by atoms with Crippen molar-refractivity contribution in [3.63, 3.8) is 0 Å². The lowest BCUT2D eigenvalue weighted by molar-refractivity contribution is -0.120. The van der Waals surface area contributed by atoms with E-state index in [4.69, 9.17) is 4.74 Å². The first kappa shape index (κ1) is 16.2. The third kappa shape index (κ3) is 4.68. The molecule has 0 bridgehead atoms. The largest absolute Gasteiger partial charge is 0.383 e. The van der Waals surface area contributed by atoms with Crippen molar-refractivity contribution in [1.29, 1.82) is 0 Å². The van der Waals surface area contributed by atoms with Crippen molar-refractivity contribution < 1.29 is 9.53 Å². The highest BCUT2D eigenvalue weighted by Crippen LogP contribution is 2.16. The normalized spacial score (nSPS) is 12.1. The third-order valence-electron chi connectivity index (χ3n) is 3.29. The monoisotopic (exact) mass is 302 g/mol. The van der Waals surface area contributed by atoms with E-state index in [0.717, 1.165) is 11.3 Å². The number of carbonyl (C=O) groups is 1. The zero-order valence-electron chi connectivity index (χ0n) is 13.0. The number of methoxy groups -OCH3 is 1. The smallest absolute Gasteiger partial charge is 0.234 e. The number of rotatable bonds is 8. The van der Waals surface area contributed by atoms with Gasteiger partial charge in [-0.15, -0.1) is 0 Å². The molecule has 0 aliphatic heterocycles. The van der Waals surface area contributed by atoms with Gasteiger partial charge in [-0.1, -0.05) is 12.1 Å². The lowest BCUT2D eigenvalue weighted by atomic mass is 10.1. The highest BCUT2D eigenvalue weighted by molar-refractivity contribution is 5.78. The molecule has 1 aromatic carbocycles. The fourth-order valence-corrected chi connectivity index (χ4v) is 2.11. The first-order valence-corrected chi connectivity index (χ1v) is 7.29. The molecule has 22 heavy (non-hydrogen) atoms. The molecule has 0 saturated heterocycles. The van der Waals surface area contributed by atoms with E-state index in [0.29, 0.717) is 13.2 Å². The van der Waals surface area contributed by atoms with Crippen LogP contribution in [-0.4, -0.2) is 42.5 Å². The Morgan fingerprint density at radius 1 is 1.41 bits per heavy atom. The number of nitrogens with zero attached hydrogens (tertiary/aromatic N) is 2. The predicted octanol–water partition coefficient (Wildman–Crippen LogP) is 1.29. The Morgan fingerprint density at radius 2 is 2.27 bits per heavy atom. The molecule has 1 amide bonds. The fourth-order valence-electron chi connectivity index (χ4n) is 2.11. The van der Waals surface area contributed by atoms with Crippen molar-refractivity contribution in [2.75, 3.05) is 26.8 Å². The number of ether oxygens (including phenoxy) is 1. The molecular formula is C16H22N4O2. The number of nitrogens with one attached hydrogen (secondary N) is 2. The summed E-state index contributed by atoms with van der Waals surface area (Å²) >= 11 is 0. The minimum atomic E-state index is -0.0627. The zero-order chi connectivity index (χ0) is 15.8. The van der Waals surface area contributed by atoms with Crippen LogP contribution in [0.25, 0.3) is 5.69 Å². The van der Waals surface area contributed by atoms with E-state index in [1.54, 1.807) is 18.0 Å². The molecule has 6 nitrogen and oxygen atoms in total. The van der Waals surface area contributed by atoms with Crippen molar-refractivity contribution in [1.82, 2.24) is 20.4 Å². The summed E-state index contributed by atoms with van der Waals surface area (Å²) in [6.07, 6.45) is 3.63. The van der Waals surface area contributed by atoms with Crippen LogP contribution >= 0.6 is 0 Å². The molecular weight excluding hydrogens is 280 g/mol. The maximum absolute atomic E-state index is 11.9. The summed E-state index contributed by atoms with van der Waals surface area (Å²) in [4.78, 5) is 11.9. The van der Waals surface area contributed by atoms with Crippen LogP contribution in [0.1, 0.15) is 18.5 Å². The zero-order valence-corrected chi connectivity index (χ0v) is 13.0. The van der Waals surface area contributed by atoms with E-state index < -0.39 is 0 Å². The summed E-state index contributed by atoms with van der Waals surface area (Å²) in [5.41, 5.74) is 2.01. The van der Waals surface area contributed by atoms with Gasteiger partial charge in [-0.3, -0.25) is 4.79 Å². The SMILES string of the molecule is COCCNCC(=O)NC(C)c1cccc(-n2cccn2)c1. The van der Waals surface area contributed by atoms with E-state index in [-0.39, 0.29) is 18.5 Å². The van der Waals surface area contributed by atoms with Crippen molar-refractivity contribution in [2.45, 2.75) is 13.0 Å². The van der Waals surface area contributed by atoms with Gasteiger partial charge in [0.15, 0.2) is 0 Å². The standard InChI is InChI=1S/C16H22N4O2/c1-13(19-16(21)12-17-8-10-22-2)14-5-3-6-15(11-14)20-9-4-7-18-20/h3-7,9,11,13,17H,8,10,12H2,1-2H3,(H,19,21). The summed E-state index contributed by atoms with van der Waals surface area (Å²) in [6, 6.07) is 9.78. The van der Waals surface area contributed by atoms with E-state index in [1.807, 2.05) is 43.5 Å². The molecule has 2 rings (SSSR count). The molecule has 0 fully saturated rings. The first-order chi connectivity index (χ1) is 10.7. The molecule has 0 aliphatic carbocycles. The highest BCUT2D eigenvalue weighted by atomic mass is 16.5. The Labute approximate surface area is 130 Å². The number of hydrogen-bond acceptors (Lipinski definition) is 4. The fraction of sp³-hybridized carbons (Fsp3) is 0.375. The van der Waals surface area contributed by atoms with Crippen LogP contribution in [0.15, 0.2) is 42.7 Å². The van der Waals surface area contributed by atoms with Gasteiger partial charge in [-0.05, 0) is 30.7 Å². The highest BCUT2D eigenvalue weighted by Gasteiger charge is 2.10. The molecule has 2 aromatic rings. The number of amides is 1. The number of benzene rings is 1. The van der Waals surface area contributed by atoms with Gasteiger partial charge < -0.3 is 15.4 Å². The van der Waals surface area contributed by atoms with E-state index in [1.165, 1.54) is 0 Å². The van der Waals surface area contributed by atoms with Crippen LogP contribution in [0.2, 0.25) is 0 Å². The van der Waals surface area contributed by atoms with Crippen molar-refractivity contribution in [3.8, 4) is 5.69 Å². The van der Waals surface area contributed by atoms with Gasteiger partial charge >= 0.3 is 0 Å². The average molecular weight is 302 g/mol. The van der Waals surface area contributed by atoms with E-state index in [2.05, 4.69) is 15.7 Å². The van der Waals surface area contributed by atoms with Crippen LogP contribution in [0, 0.1) is 0 Å². The van der Waals surface area contributed by atoms with Gasteiger partial charge in [0.05, 0.1) is 24.9 Å². The maximum atomic E-state index is 11.9. The van der Waals surface area contributed by atoms with Crippen molar-refractivity contribution >= 4 is 5.91 Å². The van der Waals surface area contributed by atoms with Crippen LogP contribution < -0.4 is 10.6 Å². The minimum absolute atomic E-state index is 0.0342. The maximum Gasteiger partial charge on any atom is 0.234 e. The average Bonchev–Trinajstić information content (AvgIpc) is 3.06. The topological polar surface area (TPSA) is 68.2 Å². The molecule has 1 unspecified atom stereocenters. The van der Waals surface area contributed by atoms with Crippen LogP contribution in [0.4, 0.5) is 0 Å². The molecule has 2 N–H and O–H groups in total. The van der Waals surface area contributed by atoms with Crippen LogP contribution in [-0.2, 0) is 9.53 Å². The number of aromatic nitrogens is 2. The summed E-state index contributed by atoms with van der Waals surface area (Å²) < 4.78 is 6.72. The lowest BCUT2D eigenvalue weighted by Crippen LogP contribution is -2.36. The Hall–Kier alpha value is -2.18. The molecule has 0 radical (unpaired) electrons. The Morgan fingerprint density at radius 3 is 3.00 bits per heavy atom. The Kier molecular flexibility index (Phi) is 6.12. The van der Waals surface area contributed by atoms with E-state index in [9.17, 15) is 4.79 Å². The summed E-state index contributed by atoms with van der Waals surface area (Å²) in [5.74, 6) is -0.0342. The van der Waals surface area contributed by atoms with Crippen LogP contribution in [0.5, 0.6) is 0 Å². The second kappa shape index (κ2) is 8.31. The van der Waals surface area contributed by atoms with E-state index >= 15 is 0 Å². The van der Waals surface area contributed by atoms with Gasteiger partial charge in [0.1, 0.15) is 0 Å². The van der Waals surface area contributed by atoms with Gasteiger partial charge in [-0.2, -0.15) is 5.10 Å². The summed E-state index contributed by atoms with van der Waals surface area (Å²) in [6.45, 7) is 3.50. The lowest BCUT2D eigenvalue weighted by Gasteiger charge is -2.15. The number of hydrogen-bond donors (Lipinski definition) is 2. The summed E-state index contributed by atoms with van der Waals surface area (Å²) in [7, 11) is 1.64. The molecule has 0 saturated carbocycles. The predicted molar refractivity (Wildman–Crippen MR) is 84.9 cm³/mol. The summed E-state index contributed by atoms with van der Waals surface area (Å²) in [5, 5.41) is 10.2. The minimum Gasteiger partial charge on any atom is -0.383 e. The Balaban J connectivity index is 1.91.